The predicted octanol–water partition coefficient (Wildman–Crippen LogP) is 5.33. The number of rotatable bonds is 4. The van der Waals surface area contributed by atoms with E-state index in [4.69, 9.17) is 11.6 Å². The van der Waals surface area contributed by atoms with E-state index in [9.17, 15) is 12.8 Å². The summed E-state index contributed by atoms with van der Waals surface area (Å²) < 4.78 is 38.3. The molecule has 3 rings (SSSR count). The molecule has 7 heteroatoms. The van der Waals surface area contributed by atoms with E-state index in [1.807, 2.05) is 6.07 Å². The molecule has 3 aromatic rings. The SMILES string of the molecule is C=CCS(=O)(=O)n1cc(CCl)c2cc(Br)ccc21.Fc1ccccc1. The predicted molar refractivity (Wildman–Crippen MR) is 105 cm³/mol. The summed E-state index contributed by atoms with van der Waals surface area (Å²) in [5.41, 5.74) is 1.43. The van der Waals surface area contributed by atoms with E-state index in [-0.39, 0.29) is 17.5 Å². The normalized spacial score (nSPS) is 11.0. The fourth-order valence-corrected chi connectivity index (χ4v) is 4.00. The summed E-state index contributed by atoms with van der Waals surface area (Å²) in [6, 6.07) is 13.4. The first-order valence-electron chi connectivity index (χ1n) is 7.29. The molecule has 1 heterocycles. The van der Waals surface area contributed by atoms with Crippen LogP contribution in [0.3, 0.4) is 0 Å². The molecule has 0 spiro atoms. The van der Waals surface area contributed by atoms with Gasteiger partial charge < -0.3 is 0 Å². The first-order valence-corrected chi connectivity index (χ1v) is 10.2. The van der Waals surface area contributed by atoms with Crippen LogP contribution in [-0.2, 0) is 15.9 Å². The van der Waals surface area contributed by atoms with Crippen LogP contribution in [-0.4, -0.2) is 18.1 Å². The quantitative estimate of drug-likeness (QED) is 0.403. The van der Waals surface area contributed by atoms with Crippen LogP contribution in [0.25, 0.3) is 10.9 Å². The van der Waals surface area contributed by atoms with Gasteiger partial charge in [-0.3, -0.25) is 0 Å². The van der Waals surface area contributed by atoms with Crippen LogP contribution in [0.5, 0.6) is 0 Å². The Labute approximate surface area is 159 Å². The smallest absolute Gasteiger partial charge is 0.242 e. The zero-order chi connectivity index (χ0) is 18.4. The van der Waals surface area contributed by atoms with E-state index >= 15 is 0 Å². The Kier molecular flexibility index (Phi) is 6.81. The van der Waals surface area contributed by atoms with Gasteiger partial charge in [0.25, 0.3) is 0 Å². The minimum atomic E-state index is -3.41. The maximum atomic E-state index is 12.1. The lowest BCUT2D eigenvalue weighted by atomic mass is 10.2. The van der Waals surface area contributed by atoms with Crippen LogP contribution < -0.4 is 0 Å². The molecule has 0 aliphatic carbocycles. The molecule has 0 aliphatic heterocycles. The van der Waals surface area contributed by atoms with Crippen molar-refractivity contribution in [2.24, 2.45) is 0 Å². The largest absolute Gasteiger partial charge is 0.244 e. The number of hydrogen-bond donors (Lipinski definition) is 0. The van der Waals surface area contributed by atoms with E-state index in [1.165, 1.54) is 22.2 Å². The number of benzene rings is 2. The monoisotopic (exact) mass is 443 g/mol. The average molecular weight is 445 g/mol. The fourth-order valence-electron chi connectivity index (χ4n) is 2.22. The molecule has 0 N–H and O–H groups in total. The third kappa shape index (κ3) is 4.93. The lowest BCUT2D eigenvalue weighted by Gasteiger charge is -2.04. The molecule has 2 aromatic carbocycles. The van der Waals surface area contributed by atoms with Crippen molar-refractivity contribution in [1.29, 1.82) is 0 Å². The van der Waals surface area contributed by atoms with Gasteiger partial charge >= 0.3 is 0 Å². The summed E-state index contributed by atoms with van der Waals surface area (Å²) >= 11 is 9.22. The van der Waals surface area contributed by atoms with Crippen LogP contribution in [0.1, 0.15) is 5.56 Å². The van der Waals surface area contributed by atoms with E-state index in [0.717, 1.165) is 15.4 Å². The number of nitrogens with zero attached hydrogens (tertiary/aromatic N) is 1. The third-order valence-corrected chi connectivity index (χ3v) is 5.66. The Morgan fingerprint density at radius 1 is 1.20 bits per heavy atom. The average Bonchev–Trinajstić information content (AvgIpc) is 2.95. The maximum Gasteiger partial charge on any atom is 0.242 e. The summed E-state index contributed by atoms with van der Waals surface area (Å²) in [4.78, 5) is 0. The van der Waals surface area contributed by atoms with E-state index in [2.05, 4.69) is 22.5 Å². The molecular weight excluding hydrogens is 429 g/mol. The molecule has 0 atom stereocenters. The number of halogens is 3. The Hall–Kier alpha value is -1.63. The number of fused-ring (bicyclic) bond motifs is 1. The molecule has 0 saturated heterocycles. The van der Waals surface area contributed by atoms with Gasteiger partial charge in [0.05, 0.1) is 11.3 Å². The molecule has 1 aromatic heterocycles. The van der Waals surface area contributed by atoms with Gasteiger partial charge in [0.1, 0.15) is 5.82 Å². The van der Waals surface area contributed by atoms with Gasteiger partial charge in [-0.05, 0) is 35.9 Å². The van der Waals surface area contributed by atoms with Gasteiger partial charge in [0.2, 0.25) is 10.0 Å². The molecule has 0 radical (unpaired) electrons. The summed E-state index contributed by atoms with van der Waals surface area (Å²) in [7, 11) is -3.41. The van der Waals surface area contributed by atoms with Crippen LogP contribution >= 0.6 is 27.5 Å². The molecule has 0 unspecified atom stereocenters. The molecule has 0 bridgehead atoms. The van der Waals surface area contributed by atoms with Crippen molar-refractivity contribution in [3.05, 3.63) is 83.2 Å². The molecule has 0 saturated carbocycles. The molecule has 3 nitrogen and oxygen atoms in total. The summed E-state index contributed by atoms with van der Waals surface area (Å²) in [5, 5.41) is 0.840. The molecule has 25 heavy (non-hydrogen) atoms. The first kappa shape index (κ1) is 19.7. The second-order valence-electron chi connectivity index (χ2n) is 5.11. The second-order valence-corrected chi connectivity index (χ2v) is 8.18. The summed E-state index contributed by atoms with van der Waals surface area (Å²) in [6.45, 7) is 3.47. The van der Waals surface area contributed by atoms with Gasteiger partial charge in [-0.1, -0.05) is 40.2 Å². The second kappa shape index (κ2) is 8.65. The zero-order valence-corrected chi connectivity index (χ0v) is 16.4. The summed E-state index contributed by atoms with van der Waals surface area (Å²) in [5.74, 6) is -0.0134. The summed E-state index contributed by atoms with van der Waals surface area (Å²) in [6.07, 6.45) is 2.95. The van der Waals surface area contributed by atoms with E-state index < -0.39 is 10.0 Å². The van der Waals surface area contributed by atoms with Crippen molar-refractivity contribution < 1.29 is 12.8 Å². The first-order chi connectivity index (χ1) is 11.9. The number of aromatic nitrogens is 1. The molecule has 132 valence electrons. The molecule has 0 fully saturated rings. The van der Waals surface area contributed by atoms with Crippen LogP contribution in [0, 0.1) is 5.82 Å². The Morgan fingerprint density at radius 2 is 1.88 bits per heavy atom. The highest BCUT2D eigenvalue weighted by molar-refractivity contribution is 9.10. The van der Waals surface area contributed by atoms with Gasteiger partial charge in [-0.2, -0.15) is 0 Å². The Balaban J connectivity index is 0.000000269. The van der Waals surface area contributed by atoms with Crippen molar-refractivity contribution in [1.82, 2.24) is 3.97 Å². The minimum Gasteiger partial charge on any atom is -0.244 e. The van der Waals surface area contributed by atoms with Crippen molar-refractivity contribution in [3.63, 3.8) is 0 Å². The van der Waals surface area contributed by atoms with Crippen LogP contribution in [0.2, 0.25) is 0 Å². The van der Waals surface area contributed by atoms with Crippen molar-refractivity contribution in [2.45, 2.75) is 5.88 Å². The fraction of sp³-hybridized carbons (Fsp3) is 0.111. The van der Waals surface area contributed by atoms with E-state index in [1.54, 1.807) is 36.5 Å². The molecule has 0 amide bonds. The van der Waals surface area contributed by atoms with Gasteiger partial charge in [-0.25, -0.2) is 16.8 Å². The number of alkyl halides is 1. The van der Waals surface area contributed by atoms with Crippen LogP contribution in [0.4, 0.5) is 4.39 Å². The highest BCUT2D eigenvalue weighted by atomic mass is 79.9. The highest BCUT2D eigenvalue weighted by Crippen LogP contribution is 2.27. The zero-order valence-electron chi connectivity index (χ0n) is 13.2. The standard InChI is InChI=1S/C12H11BrClNO2S.C6H5F/c1-2-5-18(16,17)15-8-9(7-14)11-6-10(13)3-4-12(11)15;7-6-4-2-1-3-5-6/h2-4,6,8H,1,5,7H2;1-5H. The number of hydrogen-bond acceptors (Lipinski definition) is 2. The maximum absolute atomic E-state index is 12.1. The van der Waals surface area contributed by atoms with Gasteiger partial charge in [0.15, 0.2) is 0 Å². The highest BCUT2D eigenvalue weighted by Gasteiger charge is 2.17. The van der Waals surface area contributed by atoms with E-state index in [0.29, 0.717) is 5.52 Å². The Morgan fingerprint density at radius 3 is 2.40 bits per heavy atom. The van der Waals surface area contributed by atoms with Gasteiger partial charge in [0, 0.05) is 21.9 Å². The molecular formula is C18H16BrClFNO2S. The lowest BCUT2D eigenvalue weighted by molar-refractivity contribution is 0.592. The Bertz CT molecular complexity index is 971. The minimum absolute atomic E-state index is 0.103. The van der Waals surface area contributed by atoms with Crippen molar-refractivity contribution >= 4 is 48.5 Å². The topological polar surface area (TPSA) is 39.1 Å². The lowest BCUT2D eigenvalue weighted by Crippen LogP contribution is -2.14. The van der Waals surface area contributed by atoms with Crippen molar-refractivity contribution in [3.8, 4) is 0 Å². The molecule has 0 aliphatic rings. The third-order valence-electron chi connectivity index (χ3n) is 3.32. The van der Waals surface area contributed by atoms with Crippen molar-refractivity contribution in [2.75, 3.05) is 5.75 Å². The van der Waals surface area contributed by atoms with Crippen LogP contribution in [0.15, 0.2) is 71.9 Å². The van der Waals surface area contributed by atoms with Gasteiger partial charge in [-0.15, -0.1) is 18.2 Å².